The zero-order valence-electron chi connectivity index (χ0n) is 10.9. The van der Waals surface area contributed by atoms with Crippen LogP contribution in [0.5, 0.6) is 5.75 Å². The van der Waals surface area contributed by atoms with Gasteiger partial charge in [0.1, 0.15) is 5.75 Å². The van der Waals surface area contributed by atoms with Crippen molar-refractivity contribution in [3.8, 4) is 5.75 Å². The molecule has 0 saturated heterocycles. The molecule has 3 N–H and O–H groups in total. The van der Waals surface area contributed by atoms with Crippen molar-refractivity contribution in [2.24, 2.45) is 5.73 Å². The molecule has 0 aromatic heterocycles. The lowest BCUT2D eigenvalue weighted by atomic mass is 9.93. The highest BCUT2D eigenvalue weighted by molar-refractivity contribution is 9.10. The summed E-state index contributed by atoms with van der Waals surface area (Å²) in [6.07, 6.45) is 1.21. The highest BCUT2D eigenvalue weighted by Crippen LogP contribution is 2.28. The van der Waals surface area contributed by atoms with Gasteiger partial charge in [-0.2, -0.15) is 0 Å². The van der Waals surface area contributed by atoms with Gasteiger partial charge >= 0.3 is 0 Å². The molecule has 18 heavy (non-hydrogen) atoms. The zero-order valence-corrected chi connectivity index (χ0v) is 12.5. The number of amides is 1. The molecular formula is C13H19BrN2O2. The van der Waals surface area contributed by atoms with Crippen LogP contribution in [0.3, 0.4) is 0 Å². The van der Waals surface area contributed by atoms with Crippen LogP contribution in [0.2, 0.25) is 0 Å². The SMILES string of the molecule is CCC(N)(CC)C(=O)Nc1ccc(OC)c(Br)c1. The molecule has 4 nitrogen and oxygen atoms in total. The molecule has 0 aliphatic heterocycles. The Morgan fingerprint density at radius 2 is 2.06 bits per heavy atom. The van der Waals surface area contributed by atoms with Crippen LogP contribution in [0.4, 0.5) is 5.69 Å². The van der Waals surface area contributed by atoms with E-state index in [-0.39, 0.29) is 5.91 Å². The van der Waals surface area contributed by atoms with Crippen LogP contribution in [0.1, 0.15) is 26.7 Å². The van der Waals surface area contributed by atoms with Crippen LogP contribution in [0.25, 0.3) is 0 Å². The fourth-order valence-electron chi connectivity index (χ4n) is 1.57. The Bertz CT molecular complexity index is 431. The predicted octanol–water partition coefficient (Wildman–Crippen LogP) is 2.91. The van der Waals surface area contributed by atoms with E-state index in [1.165, 1.54) is 0 Å². The number of hydrogen-bond acceptors (Lipinski definition) is 3. The number of hydrogen-bond donors (Lipinski definition) is 2. The van der Waals surface area contributed by atoms with Gasteiger partial charge in [-0.05, 0) is 47.0 Å². The van der Waals surface area contributed by atoms with Gasteiger partial charge in [-0.3, -0.25) is 4.79 Å². The topological polar surface area (TPSA) is 64.4 Å². The lowest BCUT2D eigenvalue weighted by Gasteiger charge is -2.25. The number of nitrogens with two attached hydrogens (primary N) is 1. The standard InChI is InChI=1S/C13H19BrN2O2/c1-4-13(15,5-2)12(17)16-9-6-7-11(18-3)10(14)8-9/h6-8H,4-5,15H2,1-3H3,(H,16,17). The summed E-state index contributed by atoms with van der Waals surface area (Å²) >= 11 is 3.37. The summed E-state index contributed by atoms with van der Waals surface area (Å²) in [5.41, 5.74) is 5.92. The fraction of sp³-hybridized carbons (Fsp3) is 0.462. The lowest BCUT2D eigenvalue weighted by Crippen LogP contribution is -2.50. The summed E-state index contributed by atoms with van der Waals surface area (Å²) in [5.74, 6) is 0.558. The average Bonchev–Trinajstić information content (AvgIpc) is 2.38. The van der Waals surface area contributed by atoms with Crippen molar-refractivity contribution in [2.45, 2.75) is 32.2 Å². The van der Waals surface area contributed by atoms with Crippen LogP contribution in [-0.2, 0) is 4.79 Å². The molecule has 0 bridgehead atoms. The molecule has 1 rings (SSSR count). The minimum absolute atomic E-state index is 0.162. The Labute approximate surface area is 116 Å². The maximum absolute atomic E-state index is 12.1. The summed E-state index contributed by atoms with van der Waals surface area (Å²) in [6.45, 7) is 3.82. The third-order valence-corrected chi connectivity index (χ3v) is 3.74. The van der Waals surface area contributed by atoms with Crippen LogP contribution < -0.4 is 15.8 Å². The van der Waals surface area contributed by atoms with E-state index in [4.69, 9.17) is 10.5 Å². The molecule has 0 spiro atoms. The van der Waals surface area contributed by atoms with Crippen molar-refractivity contribution in [2.75, 3.05) is 12.4 Å². The van der Waals surface area contributed by atoms with Gasteiger partial charge in [0.05, 0.1) is 17.1 Å². The summed E-state index contributed by atoms with van der Waals surface area (Å²) in [5, 5.41) is 2.83. The smallest absolute Gasteiger partial charge is 0.244 e. The molecule has 5 heteroatoms. The van der Waals surface area contributed by atoms with Gasteiger partial charge in [0.15, 0.2) is 0 Å². The first-order valence-corrected chi connectivity index (χ1v) is 6.70. The van der Waals surface area contributed by atoms with Gasteiger partial charge in [0.25, 0.3) is 0 Å². The Hall–Kier alpha value is -1.07. The van der Waals surface area contributed by atoms with E-state index in [9.17, 15) is 4.79 Å². The molecule has 0 aliphatic carbocycles. The first-order chi connectivity index (χ1) is 8.46. The summed E-state index contributed by atoms with van der Waals surface area (Å²) < 4.78 is 5.92. The van der Waals surface area contributed by atoms with E-state index in [0.717, 1.165) is 10.2 Å². The molecule has 0 atom stereocenters. The third kappa shape index (κ3) is 3.23. The second-order valence-electron chi connectivity index (χ2n) is 4.17. The molecule has 100 valence electrons. The molecule has 1 aromatic rings. The molecule has 1 amide bonds. The molecule has 0 heterocycles. The number of rotatable bonds is 5. The summed E-state index contributed by atoms with van der Waals surface area (Å²) in [7, 11) is 1.59. The van der Waals surface area contributed by atoms with E-state index in [1.807, 2.05) is 13.8 Å². The molecule has 1 aromatic carbocycles. The number of carbonyl (C=O) groups excluding carboxylic acids is 1. The van der Waals surface area contributed by atoms with E-state index >= 15 is 0 Å². The molecule has 0 radical (unpaired) electrons. The second kappa shape index (κ2) is 6.20. The maximum atomic E-state index is 12.1. The largest absolute Gasteiger partial charge is 0.496 e. The van der Waals surface area contributed by atoms with Crippen molar-refractivity contribution >= 4 is 27.5 Å². The Balaban J connectivity index is 2.85. The van der Waals surface area contributed by atoms with E-state index < -0.39 is 5.54 Å². The number of methoxy groups -OCH3 is 1. The van der Waals surface area contributed by atoms with Crippen LogP contribution in [-0.4, -0.2) is 18.6 Å². The van der Waals surface area contributed by atoms with E-state index in [2.05, 4.69) is 21.2 Å². The molecular weight excluding hydrogens is 296 g/mol. The number of anilines is 1. The first kappa shape index (κ1) is 15.0. The molecule has 0 saturated carbocycles. The minimum Gasteiger partial charge on any atom is -0.496 e. The number of carbonyl (C=O) groups is 1. The minimum atomic E-state index is -0.813. The van der Waals surface area contributed by atoms with Gasteiger partial charge in [-0.15, -0.1) is 0 Å². The number of benzene rings is 1. The quantitative estimate of drug-likeness (QED) is 0.878. The number of nitrogens with one attached hydrogen (secondary N) is 1. The summed E-state index contributed by atoms with van der Waals surface area (Å²) in [6, 6.07) is 5.37. The average molecular weight is 315 g/mol. The summed E-state index contributed by atoms with van der Waals surface area (Å²) in [4.78, 5) is 12.1. The van der Waals surface area contributed by atoms with E-state index in [0.29, 0.717) is 18.5 Å². The van der Waals surface area contributed by atoms with Crippen molar-refractivity contribution in [3.63, 3.8) is 0 Å². The predicted molar refractivity (Wildman–Crippen MR) is 76.8 cm³/mol. The monoisotopic (exact) mass is 314 g/mol. The van der Waals surface area contributed by atoms with Crippen LogP contribution in [0, 0.1) is 0 Å². The van der Waals surface area contributed by atoms with Crippen molar-refractivity contribution in [1.82, 2.24) is 0 Å². The van der Waals surface area contributed by atoms with Gasteiger partial charge in [0.2, 0.25) is 5.91 Å². The van der Waals surface area contributed by atoms with E-state index in [1.54, 1.807) is 25.3 Å². The number of halogens is 1. The lowest BCUT2D eigenvalue weighted by molar-refractivity contribution is -0.121. The Kier molecular flexibility index (Phi) is 5.16. The molecule has 0 fully saturated rings. The van der Waals surface area contributed by atoms with Crippen molar-refractivity contribution < 1.29 is 9.53 Å². The van der Waals surface area contributed by atoms with Crippen molar-refractivity contribution in [1.29, 1.82) is 0 Å². The van der Waals surface area contributed by atoms with Crippen molar-refractivity contribution in [3.05, 3.63) is 22.7 Å². The first-order valence-electron chi connectivity index (χ1n) is 5.90. The zero-order chi connectivity index (χ0) is 13.8. The van der Waals surface area contributed by atoms with Crippen LogP contribution in [0.15, 0.2) is 22.7 Å². The highest BCUT2D eigenvalue weighted by atomic mass is 79.9. The Morgan fingerprint density at radius 1 is 1.44 bits per heavy atom. The Morgan fingerprint density at radius 3 is 2.50 bits per heavy atom. The van der Waals surface area contributed by atoms with Gasteiger partial charge in [-0.25, -0.2) is 0 Å². The third-order valence-electron chi connectivity index (χ3n) is 3.12. The fourth-order valence-corrected chi connectivity index (χ4v) is 2.11. The normalized spacial score (nSPS) is 11.2. The van der Waals surface area contributed by atoms with Gasteiger partial charge in [0, 0.05) is 5.69 Å². The second-order valence-corrected chi connectivity index (χ2v) is 5.02. The number of ether oxygens (including phenoxy) is 1. The van der Waals surface area contributed by atoms with Crippen LogP contribution >= 0.6 is 15.9 Å². The van der Waals surface area contributed by atoms with Gasteiger partial charge in [-0.1, -0.05) is 13.8 Å². The molecule has 0 aliphatic rings. The maximum Gasteiger partial charge on any atom is 0.244 e. The van der Waals surface area contributed by atoms with Gasteiger partial charge < -0.3 is 15.8 Å². The highest BCUT2D eigenvalue weighted by Gasteiger charge is 2.29. The molecule has 0 unspecified atom stereocenters.